The third-order valence-corrected chi connectivity index (χ3v) is 37.9. The predicted octanol–water partition coefficient (Wildman–Crippen LogP) is 20.9. The topological polar surface area (TPSA) is 343 Å². The van der Waals surface area contributed by atoms with Gasteiger partial charge < -0.3 is 82.6 Å². The Bertz CT molecular complexity index is 5800. The van der Waals surface area contributed by atoms with Crippen molar-refractivity contribution < 1.29 is 115 Å². The van der Waals surface area contributed by atoms with Gasteiger partial charge in [0.2, 0.25) is 0 Å². The molecule has 25 nitrogen and oxygen atoms in total. The van der Waals surface area contributed by atoms with Crippen LogP contribution in [0.3, 0.4) is 0 Å². The van der Waals surface area contributed by atoms with Crippen molar-refractivity contribution in [2.45, 2.75) is 436 Å². The number of esters is 8. The van der Waals surface area contributed by atoms with Crippen molar-refractivity contribution in [1.82, 2.24) is 0 Å². The number of aliphatic hydroxyl groups excluding tert-OH is 3. The zero-order chi connectivity index (χ0) is 108. The molecule has 5 N–H and O–H groups in total. The average molecular weight is 2060 g/mol. The van der Waals surface area contributed by atoms with E-state index in [0.717, 1.165) is 113 Å². The minimum atomic E-state index is -0.773. The summed E-state index contributed by atoms with van der Waals surface area (Å²) in [6, 6.07) is 39.5. The van der Waals surface area contributed by atoms with Crippen LogP contribution < -0.4 is 5.73 Å². The SMILES string of the molecule is CC1=C2C(CC1)C1(C)OC(C(C)C)(CC1O)C2OC(=O)C1CC1c1ccccc1.CC1=C2C(CC1)C1(C)OC(C(C)C)(CC1O)C2OC(=O)CCCc1ccccc1.CC1=C2C(CC1)C1(C)OC(C(C)C)(CC1OC(=O)C(C)N)C2OC(=O)/C=C/c1ccccc1.CC1=C2C(CC1)C1(C)OC(C(C)C)(CC1OC(=O)CO)C2OC(=O)CCCc1ccccc1.CCC(=O)OC1CC2(C(C)C)OC1(C)C1CCC(C)=C1C2OC(C)=O. The maximum absolute atomic E-state index is 13.2. The smallest absolute Gasteiger partial charge is 0.332 e. The minimum absolute atomic E-state index is 0.0190. The van der Waals surface area contributed by atoms with Crippen LogP contribution in [0.5, 0.6) is 0 Å². The van der Waals surface area contributed by atoms with Crippen molar-refractivity contribution in [3.8, 4) is 0 Å². The summed E-state index contributed by atoms with van der Waals surface area (Å²) in [6.07, 6.45) is 15.8. The van der Waals surface area contributed by atoms with Crippen LogP contribution in [-0.4, -0.2) is 193 Å². The molecule has 0 aromatic heterocycles. The molecular weight excluding hydrogens is 1890 g/mol. The maximum Gasteiger partial charge on any atom is 0.332 e. The molecule has 28 unspecified atom stereocenters. The normalized spacial score (nSPS) is 36.7. The number of aliphatic hydroxyl groups is 3. The van der Waals surface area contributed by atoms with E-state index in [0.29, 0.717) is 51.4 Å². The van der Waals surface area contributed by atoms with Crippen molar-refractivity contribution in [3.63, 3.8) is 0 Å². The Morgan fingerprint density at radius 1 is 0.396 bits per heavy atom. The number of allylic oxidation sites excluding steroid dienone is 5. The van der Waals surface area contributed by atoms with E-state index >= 15 is 0 Å². The van der Waals surface area contributed by atoms with Gasteiger partial charge >= 0.3 is 47.8 Å². The first-order valence-electron chi connectivity index (χ1n) is 55.6. The molecule has 10 aliphatic heterocycles. The second kappa shape index (κ2) is 43.9. The lowest BCUT2D eigenvalue weighted by molar-refractivity contribution is -0.225. The van der Waals surface area contributed by atoms with Gasteiger partial charge in [-0.2, -0.15) is 0 Å². The van der Waals surface area contributed by atoms with Crippen LogP contribution in [0.2, 0.25) is 0 Å². The van der Waals surface area contributed by atoms with Crippen molar-refractivity contribution in [2.75, 3.05) is 6.61 Å². The highest BCUT2D eigenvalue weighted by molar-refractivity contribution is 5.87. The van der Waals surface area contributed by atoms with E-state index in [9.17, 15) is 53.7 Å². The second-order valence-electron chi connectivity index (χ2n) is 48.5. The van der Waals surface area contributed by atoms with E-state index in [4.69, 9.17) is 67.3 Å². The lowest BCUT2D eigenvalue weighted by atomic mass is 9.74. The lowest BCUT2D eigenvalue weighted by Crippen LogP contribution is -2.58. The first-order chi connectivity index (χ1) is 70.5. The van der Waals surface area contributed by atoms with E-state index < -0.39 is 129 Å². The predicted molar refractivity (Wildman–Crippen MR) is 565 cm³/mol. The monoisotopic (exact) mass is 2050 g/mol. The van der Waals surface area contributed by atoms with Gasteiger partial charge in [-0.05, 0) is 264 Å². The van der Waals surface area contributed by atoms with Crippen molar-refractivity contribution in [2.24, 2.45) is 70.8 Å². The van der Waals surface area contributed by atoms with Gasteiger partial charge in [0.05, 0.1) is 29.3 Å². The molecule has 812 valence electrons. The number of hydrogen-bond acceptors (Lipinski definition) is 25. The van der Waals surface area contributed by atoms with Gasteiger partial charge in [-0.15, -0.1) is 0 Å². The number of benzene rings is 4. The number of rotatable bonds is 28. The number of carbonyl (C=O) groups excluding carboxylic acids is 8. The molecule has 4 aromatic rings. The summed E-state index contributed by atoms with van der Waals surface area (Å²) in [7, 11) is 0. The van der Waals surface area contributed by atoms with Crippen LogP contribution in [0.15, 0.2) is 183 Å². The molecule has 1 saturated carbocycles. The first-order valence-corrected chi connectivity index (χ1v) is 55.6. The zero-order valence-electron chi connectivity index (χ0n) is 92.4. The Balaban J connectivity index is 0.000000133. The summed E-state index contributed by atoms with van der Waals surface area (Å²) < 4.78 is 81.7. The number of ether oxygens (including phenoxy) is 13. The van der Waals surface area contributed by atoms with Crippen molar-refractivity contribution in [3.05, 3.63) is 205 Å². The molecule has 10 saturated heterocycles. The van der Waals surface area contributed by atoms with Crippen LogP contribution >= 0.6 is 0 Å². The molecule has 10 heterocycles. The van der Waals surface area contributed by atoms with Gasteiger partial charge in [0.25, 0.3) is 0 Å². The Labute approximate surface area is 882 Å². The molecule has 149 heavy (non-hydrogen) atoms. The van der Waals surface area contributed by atoms with Crippen LogP contribution in [0.25, 0.3) is 6.08 Å². The highest BCUT2D eigenvalue weighted by Gasteiger charge is 2.76. The van der Waals surface area contributed by atoms with Crippen LogP contribution in [0.4, 0.5) is 0 Å². The van der Waals surface area contributed by atoms with Crippen LogP contribution in [0.1, 0.15) is 322 Å². The second-order valence-corrected chi connectivity index (χ2v) is 48.5. The molecule has 0 spiro atoms. The Morgan fingerprint density at radius 3 is 1.06 bits per heavy atom. The summed E-state index contributed by atoms with van der Waals surface area (Å²) >= 11 is 0. The lowest BCUT2D eigenvalue weighted by Gasteiger charge is -2.50. The van der Waals surface area contributed by atoms with Gasteiger partial charge in [-0.3, -0.25) is 28.8 Å². The maximum atomic E-state index is 13.2. The van der Waals surface area contributed by atoms with Crippen molar-refractivity contribution >= 4 is 53.8 Å². The third-order valence-electron chi connectivity index (χ3n) is 37.9. The molecule has 25 heteroatoms. The van der Waals surface area contributed by atoms with E-state index in [1.54, 1.807) is 19.9 Å². The summed E-state index contributed by atoms with van der Waals surface area (Å²) in [6.45, 7) is 46.0. The number of hydrogen-bond donors (Lipinski definition) is 4. The Hall–Kier alpha value is -9.28. The fraction of sp³-hybridized carbons (Fsp3) is 0.645. The van der Waals surface area contributed by atoms with E-state index in [2.05, 4.69) is 154 Å². The molecule has 16 aliphatic rings. The molecule has 11 fully saturated rings. The van der Waals surface area contributed by atoms with Crippen molar-refractivity contribution in [1.29, 1.82) is 0 Å². The Morgan fingerprint density at radius 2 is 0.711 bits per heavy atom. The fourth-order valence-corrected chi connectivity index (χ4v) is 29.1. The molecular formula is C124H167NO24. The summed E-state index contributed by atoms with van der Waals surface area (Å²) in [4.78, 5) is 100. The third kappa shape index (κ3) is 20.7. The van der Waals surface area contributed by atoms with Crippen LogP contribution in [0, 0.1) is 65.1 Å². The molecule has 0 amide bonds. The largest absolute Gasteiger partial charge is 0.459 e. The zero-order valence-corrected chi connectivity index (χ0v) is 92.4. The van der Waals surface area contributed by atoms with Gasteiger partial charge in [-0.25, -0.2) is 9.59 Å². The number of aryl methyl sites for hydroxylation is 2. The highest BCUT2D eigenvalue weighted by atomic mass is 16.7. The number of carbonyl (C=O) groups is 8. The number of nitrogens with two attached hydrogens (primary N) is 1. The summed E-state index contributed by atoms with van der Waals surface area (Å²) in [5.41, 5.74) is 16.2. The van der Waals surface area contributed by atoms with Gasteiger partial charge in [0.1, 0.15) is 75.8 Å². The molecule has 28 atom stereocenters. The first kappa shape index (κ1) is 112. The average Bonchev–Trinajstić information content (AvgIpc) is 1.55. The van der Waals surface area contributed by atoms with Gasteiger partial charge in [-0.1, -0.05) is 225 Å². The quantitative estimate of drug-likeness (QED) is 0.0178. The van der Waals surface area contributed by atoms with Crippen LogP contribution in [-0.2, 0) is 113 Å². The van der Waals surface area contributed by atoms with E-state index in [1.807, 2.05) is 106 Å². The minimum Gasteiger partial charge on any atom is -0.459 e. The summed E-state index contributed by atoms with van der Waals surface area (Å²) in [5.74, 6) is -1.36. The standard InChI is InChI=1S/C27H35NO5.C27H36O6.C25H32O4.C25H34O4.C20H30O5/c1-16(2)27-15-21(31-25(30)18(4)28)26(5,33-27)20-13-11-17(3)23(20)24(27)32-22(29)14-12-19-9-7-6-8-10-19;1-17(2)27-15-21(31-23(30)16-28)26(4,33-27)20-14-13-18(3)24(20)25(27)32-22(29)12-8-11-19-9-6-5-7-10-19;1-14(2)25-13-20(26)24(4,29-25)19-11-10-15(3)21(19)22(25)28-23(27)18-12-17(18)16-8-6-5-7-9-16;1-16(2)25-15-20(26)24(4,29-25)19-14-13-17(3)22(19)23(25)28-21(27)12-8-11-18-9-6-5-7-10-18;1-7-16(22)24-15-10-20(11(2)3)18(23-13(5)21)17-12(4)8-9-14(17)19(15,6)25-20/h6-10,12,14,16,18,20-21,24H,11,13,15,28H2,1-5H3;5-7,9-10,17,20-21,25,28H,8,11-16H2,1-4H3;5-9,14,17-20,22,26H,10-13H2,1-4H3;5-7,9-10,16,19-20,23,26H,8,11-15H2,1-4H3;11,14-15,18H,7-10H2,1-6H3/b14-12+;;;;. The molecule has 20 rings (SSSR count). The molecule has 4 aromatic carbocycles. The van der Waals surface area contributed by atoms with E-state index in [-0.39, 0.29) is 119 Å². The number of fused-ring (bicyclic) bond motifs is 20. The molecule has 10 bridgehead atoms. The van der Waals surface area contributed by atoms with Gasteiger partial charge in [0, 0.05) is 94.0 Å². The fourth-order valence-electron chi connectivity index (χ4n) is 29.1. The summed E-state index contributed by atoms with van der Waals surface area (Å²) in [5, 5.41) is 31.2. The molecule has 0 radical (unpaired) electrons. The Kier molecular flexibility index (Phi) is 33.1. The van der Waals surface area contributed by atoms with E-state index in [1.165, 1.54) is 74.3 Å². The molecule has 6 aliphatic carbocycles. The van der Waals surface area contributed by atoms with Gasteiger partial charge in [0.15, 0.2) is 30.5 Å². The highest BCUT2D eigenvalue weighted by Crippen LogP contribution is 2.68.